The zero-order valence-corrected chi connectivity index (χ0v) is 21.3. The average Bonchev–Trinajstić information content (AvgIpc) is 3.41. The molecule has 1 aliphatic heterocycles. The van der Waals surface area contributed by atoms with Gasteiger partial charge in [-0.2, -0.15) is 5.26 Å². The molecule has 2 aromatic carbocycles. The summed E-state index contributed by atoms with van der Waals surface area (Å²) in [4.78, 5) is 26.5. The average molecular weight is 493 g/mol. The SMILES string of the molecule is CC.CO.N#CC(CC=O)c1ccc(OCc2cccc(CN3CCc4sccc4C3=O)c2)cc1. The molecule has 1 unspecified atom stereocenters. The number of hydrogen-bond acceptors (Lipinski definition) is 6. The molecule has 1 aromatic heterocycles. The molecular formula is C28H32N2O4S. The third-order valence-corrected chi connectivity index (χ3v) is 6.39. The predicted molar refractivity (Wildman–Crippen MR) is 139 cm³/mol. The van der Waals surface area contributed by atoms with Crippen molar-refractivity contribution in [3.63, 3.8) is 0 Å². The molecule has 0 fully saturated rings. The van der Waals surface area contributed by atoms with Crippen LogP contribution in [0.15, 0.2) is 60.0 Å². The lowest BCUT2D eigenvalue weighted by Crippen LogP contribution is -2.36. The highest BCUT2D eigenvalue weighted by molar-refractivity contribution is 7.10. The minimum atomic E-state index is -0.425. The number of nitrogens with zero attached hydrogens (tertiary/aromatic N) is 2. The third kappa shape index (κ3) is 7.51. The zero-order chi connectivity index (χ0) is 25.6. The van der Waals surface area contributed by atoms with Crippen molar-refractivity contribution in [1.82, 2.24) is 4.90 Å². The van der Waals surface area contributed by atoms with Crippen LogP contribution in [0.1, 0.15) is 58.1 Å². The lowest BCUT2D eigenvalue weighted by atomic mass is 9.98. The van der Waals surface area contributed by atoms with Gasteiger partial charge in [0, 0.05) is 37.9 Å². The third-order valence-electron chi connectivity index (χ3n) is 5.41. The van der Waals surface area contributed by atoms with E-state index in [1.807, 2.05) is 72.7 Å². The van der Waals surface area contributed by atoms with Crippen LogP contribution in [0.4, 0.5) is 0 Å². The van der Waals surface area contributed by atoms with Gasteiger partial charge in [-0.25, -0.2) is 0 Å². The molecule has 7 heteroatoms. The van der Waals surface area contributed by atoms with Crippen LogP contribution in [0, 0.1) is 11.3 Å². The van der Waals surface area contributed by atoms with Crippen LogP contribution >= 0.6 is 11.3 Å². The minimum Gasteiger partial charge on any atom is -0.489 e. The number of rotatable bonds is 8. The Morgan fingerprint density at radius 1 is 1.14 bits per heavy atom. The quantitative estimate of drug-likeness (QED) is 0.428. The van der Waals surface area contributed by atoms with Crippen LogP contribution in [-0.4, -0.2) is 35.9 Å². The van der Waals surface area contributed by atoms with Crippen LogP contribution in [0.3, 0.4) is 0 Å². The maximum absolute atomic E-state index is 12.7. The number of fused-ring (bicyclic) bond motifs is 1. The molecule has 1 aliphatic rings. The van der Waals surface area contributed by atoms with E-state index in [0.29, 0.717) is 18.9 Å². The Morgan fingerprint density at radius 2 is 1.86 bits per heavy atom. The number of hydrogen-bond donors (Lipinski definition) is 1. The Balaban J connectivity index is 0.00000103. The predicted octanol–water partition coefficient (Wildman–Crippen LogP) is 5.36. The van der Waals surface area contributed by atoms with Gasteiger partial charge in [-0.05, 0) is 40.3 Å². The van der Waals surface area contributed by atoms with E-state index in [1.165, 1.54) is 4.88 Å². The highest BCUT2D eigenvalue weighted by Crippen LogP contribution is 2.26. The summed E-state index contributed by atoms with van der Waals surface area (Å²) >= 11 is 1.65. The number of carbonyl (C=O) groups excluding carboxylic acids is 2. The van der Waals surface area contributed by atoms with Gasteiger partial charge in [0.25, 0.3) is 5.91 Å². The first kappa shape index (κ1) is 27.8. The van der Waals surface area contributed by atoms with Gasteiger partial charge < -0.3 is 19.5 Å². The monoisotopic (exact) mass is 492 g/mol. The molecule has 6 nitrogen and oxygen atoms in total. The van der Waals surface area contributed by atoms with Gasteiger partial charge in [0.05, 0.1) is 17.6 Å². The van der Waals surface area contributed by atoms with Crippen LogP contribution in [-0.2, 0) is 24.4 Å². The topological polar surface area (TPSA) is 90.6 Å². The van der Waals surface area contributed by atoms with Gasteiger partial charge in [0.1, 0.15) is 18.6 Å². The molecule has 1 N–H and O–H groups in total. The lowest BCUT2D eigenvalue weighted by molar-refractivity contribution is -0.108. The van der Waals surface area contributed by atoms with Crippen LogP contribution < -0.4 is 4.74 Å². The molecule has 1 amide bonds. The van der Waals surface area contributed by atoms with E-state index in [4.69, 9.17) is 15.1 Å². The molecule has 0 aliphatic carbocycles. The molecule has 3 aromatic rings. The molecule has 0 saturated heterocycles. The normalized spacial score (nSPS) is 12.7. The van der Waals surface area contributed by atoms with Gasteiger partial charge in [-0.1, -0.05) is 50.2 Å². The van der Waals surface area contributed by atoms with E-state index in [-0.39, 0.29) is 12.3 Å². The molecule has 4 rings (SSSR count). The van der Waals surface area contributed by atoms with Gasteiger partial charge >= 0.3 is 0 Å². The van der Waals surface area contributed by atoms with Gasteiger partial charge in [-0.15, -0.1) is 11.3 Å². The number of benzene rings is 2. The first-order valence-electron chi connectivity index (χ1n) is 11.6. The molecular weight excluding hydrogens is 460 g/mol. The summed E-state index contributed by atoms with van der Waals surface area (Å²) < 4.78 is 5.89. The zero-order valence-electron chi connectivity index (χ0n) is 20.4. The van der Waals surface area contributed by atoms with Crippen molar-refractivity contribution in [1.29, 1.82) is 5.26 Å². The number of thiophene rings is 1. The lowest BCUT2D eigenvalue weighted by Gasteiger charge is -2.27. The van der Waals surface area contributed by atoms with E-state index in [1.54, 1.807) is 11.3 Å². The molecule has 0 bridgehead atoms. The van der Waals surface area contributed by atoms with Gasteiger partial charge in [0.2, 0.25) is 0 Å². The number of ether oxygens (including phenoxy) is 1. The molecule has 1 atom stereocenters. The number of aldehydes is 1. The second-order valence-corrected chi connectivity index (χ2v) is 8.50. The first-order valence-corrected chi connectivity index (χ1v) is 12.5. The van der Waals surface area contributed by atoms with Crippen molar-refractivity contribution >= 4 is 23.5 Å². The number of aliphatic hydroxyl groups is 1. The number of nitriles is 1. The second-order valence-electron chi connectivity index (χ2n) is 7.50. The largest absolute Gasteiger partial charge is 0.489 e. The summed E-state index contributed by atoms with van der Waals surface area (Å²) in [5.74, 6) is 0.383. The molecule has 0 saturated carbocycles. The highest BCUT2D eigenvalue weighted by Gasteiger charge is 2.25. The van der Waals surface area contributed by atoms with Gasteiger partial charge in [-0.3, -0.25) is 4.79 Å². The Kier molecular flexibility index (Phi) is 11.7. The maximum atomic E-state index is 12.7. The van der Waals surface area contributed by atoms with E-state index >= 15 is 0 Å². The van der Waals surface area contributed by atoms with Crippen molar-refractivity contribution in [3.8, 4) is 11.8 Å². The molecule has 2 heterocycles. The Hall–Kier alpha value is -3.47. The van der Waals surface area contributed by atoms with Crippen molar-refractivity contribution < 1.29 is 19.4 Å². The maximum Gasteiger partial charge on any atom is 0.255 e. The Bertz CT molecular complexity index is 1120. The standard InChI is InChI=1S/C25H22N2O3S.C2H6.CH4O/c26-15-21(9-12-28)20-4-6-22(7-5-20)30-17-19-3-1-2-18(14-19)16-27-11-8-24-23(25(27)29)10-13-31-24;2*1-2/h1-7,10,12-14,21H,8-9,11,16-17H2;1-2H3;2H,1H3. The fraction of sp³-hybridized carbons (Fsp3) is 0.321. The van der Waals surface area contributed by atoms with E-state index in [9.17, 15) is 9.59 Å². The number of amides is 1. The first-order chi connectivity index (χ1) is 17.2. The van der Waals surface area contributed by atoms with Crippen molar-refractivity contribution in [3.05, 3.63) is 87.1 Å². The van der Waals surface area contributed by atoms with E-state index in [0.717, 1.165) is 48.6 Å². The summed E-state index contributed by atoms with van der Waals surface area (Å²) in [6.45, 7) is 5.74. The fourth-order valence-corrected chi connectivity index (χ4v) is 4.60. The molecule has 184 valence electrons. The summed E-state index contributed by atoms with van der Waals surface area (Å²) in [5.41, 5.74) is 3.75. The van der Waals surface area contributed by atoms with Crippen molar-refractivity contribution in [2.24, 2.45) is 0 Å². The summed E-state index contributed by atoms with van der Waals surface area (Å²) in [6, 6.07) is 19.4. The molecule has 0 radical (unpaired) electrons. The highest BCUT2D eigenvalue weighted by atomic mass is 32.1. The summed E-state index contributed by atoms with van der Waals surface area (Å²) in [7, 11) is 1.00. The van der Waals surface area contributed by atoms with Crippen molar-refractivity contribution in [2.75, 3.05) is 13.7 Å². The van der Waals surface area contributed by atoms with Crippen LogP contribution in [0.5, 0.6) is 5.75 Å². The number of carbonyl (C=O) groups is 2. The summed E-state index contributed by atoms with van der Waals surface area (Å²) in [6.07, 6.45) is 1.87. The molecule has 0 spiro atoms. The van der Waals surface area contributed by atoms with E-state index < -0.39 is 5.92 Å². The number of aliphatic hydroxyl groups excluding tert-OH is 1. The van der Waals surface area contributed by atoms with Crippen LogP contribution in [0.25, 0.3) is 0 Å². The second kappa shape index (κ2) is 14.7. The minimum absolute atomic E-state index is 0.106. The molecule has 35 heavy (non-hydrogen) atoms. The Morgan fingerprint density at radius 3 is 2.54 bits per heavy atom. The smallest absolute Gasteiger partial charge is 0.255 e. The van der Waals surface area contributed by atoms with E-state index in [2.05, 4.69) is 12.1 Å². The van der Waals surface area contributed by atoms with Crippen LogP contribution in [0.2, 0.25) is 0 Å². The van der Waals surface area contributed by atoms with Gasteiger partial charge in [0.15, 0.2) is 0 Å². The Labute approximate surface area is 211 Å². The van der Waals surface area contributed by atoms with Crippen molar-refractivity contribution in [2.45, 2.75) is 45.8 Å². The summed E-state index contributed by atoms with van der Waals surface area (Å²) in [5, 5.41) is 18.2. The fourth-order valence-electron chi connectivity index (χ4n) is 3.74.